The summed E-state index contributed by atoms with van der Waals surface area (Å²) in [4.78, 5) is 7.31. The molecule has 0 aliphatic rings. The van der Waals surface area contributed by atoms with E-state index >= 15 is 0 Å². The Kier molecular flexibility index (Phi) is 3.96. The Morgan fingerprint density at radius 2 is 2.43 bits per heavy atom. The SMILES string of the molecule is C=C(Cl)C=Nc1[nH]cc(CCC)c1C. The number of aromatic amines is 1. The first-order valence-electron chi connectivity index (χ1n) is 4.70. The quantitative estimate of drug-likeness (QED) is 0.734. The van der Waals surface area contributed by atoms with E-state index in [0.29, 0.717) is 5.03 Å². The van der Waals surface area contributed by atoms with Gasteiger partial charge in [-0.2, -0.15) is 0 Å². The Hall–Kier alpha value is -1.02. The molecule has 2 nitrogen and oxygen atoms in total. The zero-order chi connectivity index (χ0) is 10.6. The molecule has 3 heteroatoms. The molecule has 0 aliphatic heterocycles. The molecular formula is C11H15ClN2. The van der Waals surface area contributed by atoms with Gasteiger partial charge in [0.15, 0.2) is 0 Å². The van der Waals surface area contributed by atoms with Gasteiger partial charge in [0.25, 0.3) is 0 Å². The van der Waals surface area contributed by atoms with Gasteiger partial charge in [0.1, 0.15) is 5.82 Å². The van der Waals surface area contributed by atoms with Gasteiger partial charge in [0.05, 0.1) is 5.03 Å². The molecule has 0 fully saturated rings. The highest BCUT2D eigenvalue weighted by Gasteiger charge is 2.03. The van der Waals surface area contributed by atoms with Gasteiger partial charge in [-0.15, -0.1) is 0 Å². The second-order valence-electron chi connectivity index (χ2n) is 3.24. The van der Waals surface area contributed by atoms with Crippen LogP contribution < -0.4 is 0 Å². The van der Waals surface area contributed by atoms with Crippen molar-refractivity contribution < 1.29 is 0 Å². The molecule has 0 saturated carbocycles. The van der Waals surface area contributed by atoms with Crippen molar-refractivity contribution >= 4 is 23.6 Å². The van der Waals surface area contributed by atoms with E-state index in [2.05, 4.69) is 30.4 Å². The van der Waals surface area contributed by atoms with Crippen molar-refractivity contribution in [2.75, 3.05) is 0 Å². The third-order valence-electron chi connectivity index (χ3n) is 2.07. The number of halogens is 1. The van der Waals surface area contributed by atoms with Gasteiger partial charge < -0.3 is 4.98 Å². The van der Waals surface area contributed by atoms with Crippen molar-refractivity contribution in [3.8, 4) is 0 Å². The van der Waals surface area contributed by atoms with Crippen LogP contribution in [0.3, 0.4) is 0 Å². The maximum absolute atomic E-state index is 5.59. The molecule has 0 unspecified atom stereocenters. The lowest BCUT2D eigenvalue weighted by Crippen LogP contribution is -1.81. The van der Waals surface area contributed by atoms with Crippen LogP contribution in [0.25, 0.3) is 0 Å². The van der Waals surface area contributed by atoms with Crippen molar-refractivity contribution in [2.45, 2.75) is 26.7 Å². The Morgan fingerprint density at radius 1 is 1.71 bits per heavy atom. The van der Waals surface area contributed by atoms with Crippen LogP contribution in [0.2, 0.25) is 0 Å². The molecule has 1 N–H and O–H groups in total. The third-order valence-corrected chi connectivity index (χ3v) is 2.17. The Bertz CT molecular complexity index is 350. The minimum Gasteiger partial charge on any atom is -0.346 e. The first-order chi connectivity index (χ1) is 6.65. The van der Waals surface area contributed by atoms with E-state index in [1.807, 2.05) is 6.20 Å². The molecule has 0 aromatic carbocycles. The highest BCUT2D eigenvalue weighted by atomic mass is 35.5. The summed E-state index contributed by atoms with van der Waals surface area (Å²) in [6.07, 6.45) is 5.78. The summed E-state index contributed by atoms with van der Waals surface area (Å²) in [5.41, 5.74) is 2.51. The second-order valence-corrected chi connectivity index (χ2v) is 3.73. The van der Waals surface area contributed by atoms with Crippen LogP contribution in [0, 0.1) is 6.92 Å². The topological polar surface area (TPSA) is 28.1 Å². The number of nitrogens with one attached hydrogen (secondary N) is 1. The molecule has 1 aromatic rings. The van der Waals surface area contributed by atoms with Gasteiger partial charge in [-0.1, -0.05) is 31.5 Å². The summed E-state index contributed by atoms with van der Waals surface area (Å²) in [6.45, 7) is 7.77. The van der Waals surface area contributed by atoms with Gasteiger partial charge in [-0.3, -0.25) is 0 Å². The van der Waals surface area contributed by atoms with Gasteiger partial charge in [-0.25, -0.2) is 4.99 Å². The molecule has 0 spiro atoms. The molecule has 0 radical (unpaired) electrons. The van der Waals surface area contributed by atoms with Crippen LogP contribution in [-0.4, -0.2) is 11.2 Å². The van der Waals surface area contributed by atoms with Crippen LogP contribution in [0.4, 0.5) is 5.82 Å². The zero-order valence-electron chi connectivity index (χ0n) is 8.60. The van der Waals surface area contributed by atoms with Gasteiger partial charge in [0, 0.05) is 12.4 Å². The summed E-state index contributed by atoms with van der Waals surface area (Å²) in [6, 6.07) is 0. The number of allylic oxidation sites excluding steroid dienone is 1. The number of aromatic nitrogens is 1. The molecule has 0 amide bonds. The van der Waals surface area contributed by atoms with E-state index in [-0.39, 0.29) is 0 Å². The maximum atomic E-state index is 5.59. The molecule has 0 saturated heterocycles. The standard InChI is InChI=1S/C11H15ClN2/c1-4-5-10-7-14-11(9(10)3)13-6-8(2)12/h6-7,14H,2,4-5H2,1,3H3. The molecule has 0 atom stereocenters. The van der Waals surface area contributed by atoms with Crippen molar-refractivity contribution in [1.29, 1.82) is 0 Å². The zero-order valence-corrected chi connectivity index (χ0v) is 9.36. The number of hydrogen-bond acceptors (Lipinski definition) is 1. The van der Waals surface area contributed by atoms with E-state index in [4.69, 9.17) is 11.6 Å². The number of hydrogen-bond donors (Lipinski definition) is 1. The third kappa shape index (κ3) is 2.74. The molecule has 0 bridgehead atoms. The van der Waals surface area contributed by atoms with E-state index in [9.17, 15) is 0 Å². The Labute approximate surface area is 89.7 Å². The Morgan fingerprint density at radius 3 is 3.00 bits per heavy atom. The van der Waals surface area contributed by atoms with Crippen molar-refractivity contribution in [3.63, 3.8) is 0 Å². The van der Waals surface area contributed by atoms with Crippen LogP contribution in [0.1, 0.15) is 24.5 Å². The average molecular weight is 211 g/mol. The number of aliphatic imine (C=N–C) groups is 1. The number of aryl methyl sites for hydroxylation is 1. The molecule has 1 heterocycles. The number of rotatable bonds is 4. The van der Waals surface area contributed by atoms with Crippen molar-refractivity contribution in [3.05, 3.63) is 28.9 Å². The lowest BCUT2D eigenvalue weighted by molar-refractivity contribution is 0.916. The molecule has 14 heavy (non-hydrogen) atoms. The fraction of sp³-hybridized carbons (Fsp3) is 0.364. The summed E-state index contributed by atoms with van der Waals surface area (Å²) in [7, 11) is 0. The van der Waals surface area contributed by atoms with Gasteiger partial charge in [0.2, 0.25) is 0 Å². The monoisotopic (exact) mass is 210 g/mol. The first-order valence-corrected chi connectivity index (χ1v) is 5.08. The van der Waals surface area contributed by atoms with E-state index in [1.54, 1.807) is 6.21 Å². The molecule has 0 aliphatic carbocycles. The minimum atomic E-state index is 0.441. The summed E-state index contributed by atoms with van der Waals surface area (Å²) in [5, 5.41) is 0.441. The second kappa shape index (κ2) is 5.01. The lowest BCUT2D eigenvalue weighted by Gasteiger charge is -1.95. The van der Waals surface area contributed by atoms with Crippen LogP contribution >= 0.6 is 11.6 Å². The van der Waals surface area contributed by atoms with Crippen LogP contribution in [-0.2, 0) is 6.42 Å². The summed E-state index contributed by atoms with van der Waals surface area (Å²) >= 11 is 5.59. The van der Waals surface area contributed by atoms with E-state index in [1.165, 1.54) is 11.1 Å². The smallest absolute Gasteiger partial charge is 0.133 e. The molecule has 76 valence electrons. The van der Waals surface area contributed by atoms with Crippen LogP contribution in [0.5, 0.6) is 0 Å². The summed E-state index contributed by atoms with van der Waals surface area (Å²) < 4.78 is 0. The van der Waals surface area contributed by atoms with Gasteiger partial charge >= 0.3 is 0 Å². The number of H-pyrrole nitrogens is 1. The molecular weight excluding hydrogens is 196 g/mol. The fourth-order valence-corrected chi connectivity index (χ4v) is 1.37. The highest BCUT2D eigenvalue weighted by molar-refractivity contribution is 6.39. The molecule has 1 rings (SSSR count). The predicted molar refractivity (Wildman–Crippen MR) is 62.7 cm³/mol. The predicted octanol–water partition coefficient (Wildman–Crippen LogP) is 3.73. The van der Waals surface area contributed by atoms with E-state index < -0.39 is 0 Å². The number of nitrogens with zero attached hydrogens (tertiary/aromatic N) is 1. The molecule has 1 aromatic heterocycles. The van der Waals surface area contributed by atoms with Gasteiger partial charge in [-0.05, 0) is 24.5 Å². The largest absolute Gasteiger partial charge is 0.346 e. The average Bonchev–Trinajstić information content (AvgIpc) is 2.46. The van der Waals surface area contributed by atoms with Crippen molar-refractivity contribution in [2.24, 2.45) is 4.99 Å². The van der Waals surface area contributed by atoms with E-state index in [0.717, 1.165) is 18.7 Å². The first kappa shape index (κ1) is 11.1. The minimum absolute atomic E-state index is 0.441. The Balaban J connectivity index is 2.84. The maximum Gasteiger partial charge on any atom is 0.133 e. The van der Waals surface area contributed by atoms with Crippen LogP contribution in [0.15, 0.2) is 22.8 Å². The summed E-state index contributed by atoms with van der Waals surface area (Å²) in [5.74, 6) is 0.871. The van der Waals surface area contributed by atoms with Crippen molar-refractivity contribution in [1.82, 2.24) is 4.98 Å². The lowest BCUT2D eigenvalue weighted by atomic mass is 10.1. The highest BCUT2D eigenvalue weighted by Crippen LogP contribution is 2.21. The normalized spacial score (nSPS) is 11.1. The fourth-order valence-electron chi connectivity index (χ4n) is 1.32.